The average molecular weight is 448 g/mol. The second-order valence-electron chi connectivity index (χ2n) is 7.14. The summed E-state index contributed by atoms with van der Waals surface area (Å²) in [6.45, 7) is 1.84. The summed E-state index contributed by atoms with van der Waals surface area (Å²) in [7, 11) is -1.34. The molecule has 1 aliphatic heterocycles. The zero-order valence-electron chi connectivity index (χ0n) is 16.1. The number of hydrogen-bond donors (Lipinski definition) is 0. The number of carbonyl (C=O) groups excluding carboxylic acids is 1. The lowest BCUT2D eigenvalue weighted by atomic mass is 10.2. The van der Waals surface area contributed by atoms with Crippen LogP contribution in [-0.2, 0) is 14.6 Å². The van der Waals surface area contributed by atoms with Crippen LogP contribution in [-0.4, -0.2) is 59.0 Å². The highest BCUT2D eigenvalue weighted by atomic mass is 32.2. The summed E-state index contributed by atoms with van der Waals surface area (Å²) in [5, 5.41) is 1.33. The van der Waals surface area contributed by atoms with Crippen LogP contribution in [0.1, 0.15) is 13.3 Å². The minimum atomic E-state index is -3.03. The molecule has 2 aromatic heterocycles. The maximum Gasteiger partial charge on any atom is 0.235 e. The van der Waals surface area contributed by atoms with Crippen LogP contribution < -0.4 is 0 Å². The zero-order valence-corrected chi connectivity index (χ0v) is 18.6. The molecule has 2 atom stereocenters. The van der Waals surface area contributed by atoms with Crippen molar-refractivity contribution in [3.05, 3.63) is 42.7 Å². The van der Waals surface area contributed by atoms with E-state index in [2.05, 4.69) is 28.2 Å². The van der Waals surface area contributed by atoms with E-state index in [9.17, 15) is 13.2 Å². The third-order valence-electron chi connectivity index (χ3n) is 5.09. The van der Waals surface area contributed by atoms with E-state index in [1.165, 1.54) is 18.1 Å². The topological polar surface area (TPSA) is 80.2 Å². The van der Waals surface area contributed by atoms with Crippen molar-refractivity contribution >= 4 is 49.1 Å². The quantitative estimate of drug-likeness (QED) is 0.440. The van der Waals surface area contributed by atoms with Gasteiger partial charge in [-0.15, -0.1) is 11.3 Å². The molecule has 4 rings (SSSR count). The van der Waals surface area contributed by atoms with Crippen molar-refractivity contribution in [2.45, 2.75) is 29.7 Å². The Bertz CT molecular complexity index is 1150. The maximum absolute atomic E-state index is 12.9. The van der Waals surface area contributed by atoms with Gasteiger partial charge in [0.15, 0.2) is 9.84 Å². The molecule has 3 heterocycles. The van der Waals surface area contributed by atoms with E-state index in [1.54, 1.807) is 23.3 Å². The highest BCUT2D eigenvalue weighted by Gasteiger charge is 2.34. The van der Waals surface area contributed by atoms with Crippen LogP contribution in [0.3, 0.4) is 0 Å². The summed E-state index contributed by atoms with van der Waals surface area (Å²) in [6, 6.07) is 11.9. The normalized spacial score (nSPS) is 19.3. The van der Waals surface area contributed by atoms with Gasteiger partial charge in [-0.2, -0.15) is 0 Å². The number of carbonyl (C=O) groups is 1. The van der Waals surface area contributed by atoms with E-state index in [1.807, 2.05) is 25.1 Å². The van der Waals surface area contributed by atoms with Gasteiger partial charge in [-0.05, 0) is 25.0 Å². The molecule has 0 radical (unpaired) electrons. The number of amides is 1. The van der Waals surface area contributed by atoms with Gasteiger partial charge in [0.25, 0.3) is 0 Å². The lowest BCUT2D eigenvalue weighted by Gasteiger charge is -2.26. The molecule has 0 unspecified atom stereocenters. The first kappa shape index (κ1) is 20.3. The Morgan fingerprint density at radius 1 is 1.28 bits per heavy atom. The van der Waals surface area contributed by atoms with Crippen molar-refractivity contribution in [2.24, 2.45) is 0 Å². The highest BCUT2D eigenvalue weighted by molar-refractivity contribution is 8.00. The molecule has 6 nitrogen and oxygen atoms in total. The van der Waals surface area contributed by atoms with Gasteiger partial charge in [-0.1, -0.05) is 42.1 Å². The van der Waals surface area contributed by atoms with Crippen LogP contribution in [0.2, 0.25) is 0 Å². The van der Waals surface area contributed by atoms with Crippen LogP contribution in [0, 0.1) is 0 Å². The van der Waals surface area contributed by atoms with Crippen LogP contribution >= 0.6 is 23.1 Å². The van der Waals surface area contributed by atoms with Crippen molar-refractivity contribution in [3.8, 4) is 10.4 Å². The Balaban J connectivity index is 1.54. The maximum atomic E-state index is 12.9. The van der Waals surface area contributed by atoms with E-state index in [0.717, 1.165) is 25.7 Å². The summed E-state index contributed by atoms with van der Waals surface area (Å²) >= 11 is 2.99. The summed E-state index contributed by atoms with van der Waals surface area (Å²) in [5.41, 5.74) is 1.12. The van der Waals surface area contributed by atoms with Crippen molar-refractivity contribution in [1.29, 1.82) is 0 Å². The fourth-order valence-corrected chi connectivity index (χ4v) is 7.27. The molecule has 3 aromatic rings. The lowest BCUT2D eigenvalue weighted by Crippen LogP contribution is -2.41. The van der Waals surface area contributed by atoms with Crippen molar-refractivity contribution < 1.29 is 13.2 Å². The van der Waals surface area contributed by atoms with Crippen LogP contribution in [0.25, 0.3) is 20.7 Å². The van der Waals surface area contributed by atoms with E-state index < -0.39 is 9.84 Å². The molecule has 1 saturated heterocycles. The highest BCUT2D eigenvalue weighted by Crippen LogP contribution is 2.37. The van der Waals surface area contributed by atoms with Gasteiger partial charge in [-0.25, -0.2) is 18.4 Å². The first-order valence-electron chi connectivity index (χ1n) is 9.28. The van der Waals surface area contributed by atoms with Gasteiger partial charge < -0.3 is 4.90 Å². The van der Waals surface area contributed by atoms with Crippen molar-refractivity contribution in [2.75, 3.05) is 18.6 Å². The smallest absolute Gasteiger partial charge is 0.235 e. The number of sulfone groups is 1. The third kappa shape index (κ3) is 4.31. The van der Waals surface area contributed by atoms with Crippen LogP contribution in [0.15, 0.2) is 47.8 Å². The average Bonchev–Trinajstić information content (AvgIpc) is 3.31. The Labute approximate surface area is 178 Å². The first-order valence-corrected chi connectivity index (χ1v) is 12.8. The number of nitrogens with zero attached hydrogens (tertiary/aromatic N) is 3. The molecule has 0 bridgehead atoms. The molecule has 1 aliphatic rings. The van der Waals surface area contributed by atoms with Crippen LogP contribution in [0.5, 0.6) is 0 Å². The summed E-state index contributed by atoms with van der Waals surface area (Å²) < 4.78 is 23.5. The van der Waals surface area contributed by atoms with Crippen molar-refractivity contribution in [1.82, 2.24) is 14.9 Å². The van der Waals surface area contributed by atoms with Gasteiger partial charge >= 0.3 is 0 Å². The Morgan fingerprint density at radius 2 is 2.03 bits per heavy atom. The van der Waals surface area contributed by atoms with E-state index in [0.29, 0.717) is 6.42 Å². The molecular formula is C20H21N3O3S3. The molecule has 0 aliphatic carbocycles. The molecule has 0 spiro atoms. The van der Waals surface area contributed by atoms with Gasteiger partial charge in [-0.3, -0.25) is 4.79 Å². The van der Waals surface area contributed by atoms with E-state index in [-0.39, 0.29) is 28.7 Å². The number of fused-ring (bicyclic) bond motifs is 1. The predicted octanol–water partition coefficient (Wildman–Crippen LogP) is 3.48. The summed E-state index contributed by atoms with van der Waals surface area (Å²) in [5.74, 6) is 0.123. The van der Waals surface area contributed by atoms with Gasteiger partial charge in [0.1, 0.15) is 16.2 Å². The Morgan fingerprint density at radius 3 is 2.72 bits per heavy atom. The minimum Gasteiger partial charge on any atom is -0.341 e. The number of aromatic nitrogens is 2. The molecule has 152 valence electrons. The third-order valence-corrected chi connectivity index (χ3v) is 9.04. The zero-order chi connectivity index (χ0) is 20.6. The monoisotopic (exact) mass is 447 g/mol. The fourth-order valence-electron chi connectivity index (χ4n) is 3.44. The second kappa shape index (κ2) is 8.04. The number of hydrogen-bond acceptors (Lipinski definition) is 7. The van der Waals surface area contributed by atoms with Gasteiger partial charge in [0, 0.05) is 23.4 Å². The number of rotatable bonds is 5. The number of thioether (sulfide) groups is 1. The molecule has 0 saturated carbocycles. The fraction of sp³-hybridized carbons (Fsp3) is 0.350. The molecule has 9 heteroatoms. The Kier molecular flexibility index (Phi) is 5.63. The molecular weight excluding hydrogens is 426 g/mol. The van der Waals surface area contributed by atoms with E-state index in [4.69, 9.17) is 0 Å². The van der Waals surface area contributed by atoms with Crippen LogP contribution in [0.4, 0.5) is 0 Å². The standard InChI is InChI=1S/C20H21N3O3S3/c1-13(20(24)23(2)15-8-9-29(25,26)11-15)27-18-16-10-17(14-6-4-3-5-7-14)28-19(16)22-12-21-18/h3-7,10,12-13,15H,8-9,11H2,1-2H3/t13-,15+/m0/s1. The summed E-state index contributed by atoms with van der Waals surface area (Å²) in [6.07, 6.45) is 2.03. The molecule has 1 amide bonds. The molecule has 1 aromatic carbocycles. The number of benzene rings is 1. The number of thiophene rings is 1. The summed E-state index contributed by atoms with van der Waals surface area (Å²) in [4.78, 5) is 25.3. The van der Waals surface area contributed by atoms with Gasteiger partial charge in [0.2, 0.25) is 5.91 Å². The largest absolute Gasteiger partial charge is 0.341 e. The molecule has 29 heavy (non-hydrogen) atoms. The predicted molar refractivity (Wildman–Crippen MR) is 118 cm³/mol. The Hall–Kier alpha value is -1.97. The second-order valence-corrected chi connectivity index (χ2v) is 11.7. The van der Waals surface area contributed by atoms with Gasteiger partial charge in [0.05, 0.1) is 16.8 Å². The minimum absolute atomic E-state index is 0.0509. The van der Waals surface area contributed by atoms with E-state index >= 15 is 0 Å². The SMILES string of the molecule is C[C@H](Sc1ncnc2sc(-c3ccccc3)cc12)C(=O)N(C)[C@@H]1CCS(=O)(=O)C1. The lowest BCUT2D eigenvalue weighted by molar-refractivity contribution is -0.130. The van der Waals surface area contributed by atoms with Crippen molar-refractivity contribution in [3.63, 3.8) is 0 Å². The molecule has 1 fully saturated rings. The molecule has 0 N–H and O–H groups in total. The first-order chi connectivity index (χ1) is 13.8.